The number of aromatic nitrogens is 3. The molecule has 4 rings (SSSR count). The van der Waals surface area contributed by atoms with Crippen molar-refractivity contribution in [2.45, 2.75) is 55.8 Å². The van der Waals surface area contributed by atoms with Gasteiger partial charge in [0.25, 0.3) is 5.91 Å². The Morgan fingerprint density at radius 3 is 2.64 bits per heavy atom. The first-order chi connectivity index (χ1) is 17.1. The fourth-order valence-electron chi connectivity index (χ4n) is 4.46. The van der Waals surface area contributed by atoms with Gasteiger partial charge in [-0.15, -0.1) is 11.8 Å². The van der Waals surface area contributed by atoms with Gasteiger partial charge in [-0.1, -0.05) is 19.9 Å². The molecule has 2 aromatic heterocycles. The van der Waals surface area contributed by atoms with Crippen LogP contribution in [0.4, 0.5) is 8.78 Å². The number of thioether (sulfide) groups is 1. The number of hydrogen-bond donors (Lipinski definition) is 3. The third-order valence-corrected chi connectivity index (χ3v) is 7.41. The van der Waals surface area contributed by atoms with Gasteiger partial charge in [-0.05, 0) is 38.9 Å². The summed E-state index contributed by atoms with van der Waals surface area (Å²) in [5, 5.41) is 14.4. The Labute approximate surface area is 212 Å². The third-order valence-electron chi connectivity index (χ3n) is 6.28. The van der Waals surface area contributed by atoms with Crippen LogP contribution in [-0.4, -0.2) is 50.5 Å². The number of carbonyl (C=O) groups excluding carboxylic acids is 2. The van der Waals surface area contributed by atoms with Crippen molar-refractivity contribution < 1.29 is 18.4 Å². The molecule has 0 spiro atoms. The Morgan fingerprint density at radius 2 is 1.97 bits per heavy atom. The van der Waals surface area contributed by atoms with Gasteiger partial charge < -0.3 is 16.0 Å². The Hall–Kier alpha value is -3.05. The van der Waals surface area contributed by atoms with Gasteiger partial charge in [0.2, 0.25) is 5.91 Å². The fraction of sp³-hybridized carbons (Fsp3) is 0.440. The Morgan fingerprint density at radius 1 is 1.25 bits per heavy atom. The maximum Gasteiger partial charge on any atom is 0.254 e. The number of hydrogen-bond acceptors (Lipinski definition) is 6. The number of fused-ring (bicyclic) bond motifs is 1. The van der Waals surface area contributed by atoms with Crippen LogP contribution in [0.5, 0.6) is 0 Å². The van der Waals surface area contributed by atoms with Crippen molar-refractivity contribution in [2.75, 3.05) is 13.1 Å². The van der Waals surface area contributed by atoms with Gasteiger partial charge in [-0.2, -0.15) is 5.10 Å². The highest BCUT2D eigenvalue weighted by molar-refractivity contribution is 8.00. The van der Waals surface area contributed by atoms with Crippen molar-refractivity contribution in [1.29, 1.82) is 0 Å². The second kappa shape index (κ2) is 10.5. The first-order valence-corrected chi connectivity index (χ1v) is 12.7. The molecule has 0 atom stereocenters. The van der Waals surface area contributed by atoms with E-state index in [2.05, 4.69) is 26.0 Å². The monoisotopic (exact) mass is 516 g/mol. The molecule has 1 fully saturated rings. The first-order valence-electron chi connectivity index (χ1n) is 11.9. The summed E-state index contributed by atoms with van der Waals surface area (Å²) in [4.78, 5) is 32.3. The minimum atomic E-state index is -1.18. The maximum atomic E-state index is 14.1. The summed E-state index contributed by atoms with van der Waals surface area (Å²) in [6, 6.07) is 3.22. The van der Waals surface area contributed by atoms with E-state index in [-0.39, 0.29) is 17.4 Å². The van der Waals surface area contributed by atoms with Crippen LogP contribution in [-0.2, 0) is 18.4 Å². The van der Waals surface area contributed by atoms with Crippen LogP contribution in [0, 0.1) is 18.6 Å². The molecular weight excluding hydrogens is 486 g/mol. The van der Waals surface area contributed by atoms with E-state index in [4.69, 9.17) is 0 Å². The molecule has 1 aromatic carbocycles. The summed E-state index contributed by atoms with van der Waals surface area (Å²) < 4.78 is 29.0. The molecule has 192 valence electrons. The number of amides is 2. The van der Waals surface area contributed by atoms with Crippen molar-refractivity contribution in [1.82, 2.24) is 30.7 Å². The number of aryl methyl sites for hydroxylation is 2. The topological polar surface area (TPSA) is 101 Å². The maximum absolute atomic E-state index is 14.1. The van der Waals surface area contributed by atoms with E-state index in [1.807, 2.05) is 27.8 Å². The third kappa shape index (κ3) is 5.22. The number of pyridine rings is 1. The molecule has 3 aromatic rings. The predicted molar refractivity (Wildman–Crippen MR) is 135 cm³/mol. The van der Waals surface area contributed by atoms with Gasteiger partial charge in [0.05, 0.1) is 16.6 Å². The number of rotatable bonds is 7. The predicted octanol–water partition coefficient (Wildman–Crippen LogP) is 3.22. The van der Waals surface area contributed by atoms with E-state index in [1.54, 1.807) is 16.4 Å². The van der Waals surface area contributed by atoms with E-state index in [9.17, 15) is 18.4 Å². The quantitative estimate of drug-likeness (QED) is 0.417. The zero-order valence-electron chi connectivity index (χ0n) is 20.7. The lowest BCUT2D eigenvalue weighted by atomic mass is 9.86. The Bertz CT molecular complexity index is 1300. The van der Waals surface area contributed by atoms with Crippen LogP contribution in [0.3, 0.4) is 0 Å². The average Bonchev–Trinajstić information content (AvgIpc) is 3.12. The SMILES string of the molecule is Cc1nn(C)c2ncc(C(=O)NC3(C(=O)NCc4ccc(F)cc4F)CCNCC3)c(SC(C)C)c12. The normalized spacial score (nSPS) is 15.3. The summed E-state index contributed by atoms with van der Waals surface area (Å²) in [5.41, 5.74) is 0.818. The van der Waals surface area contributed by atoms with Gasteiger partial charge >= 0.3 is 0 Å². The van der Waals surface area contributed by atoms with Crippen molar-refractivity contribution in [3.63, 3.8) is 0 Å². The van der Waals surface area contributed by atoms with Crippen LogP contribution in [0.15, 0.2) is 29.3 Å². The highest BCUT2D eigenvalue weighted by atomic mass is 32.2. The van der Waals surface area contributed by atoms with Crippen molar-refractivity contribution in [2.24, 2.45) is 7.05 Å². The van der Waals surface area contributed by atoms with E-state index in [0.29, 0.717) is 37.1 Å². The van der Waals surface area contributed by atoms with E-state index in [0.717, 1.165) is 28.1 Å². The van der Waals surface area contributed by atoms with E-state index in [1.165, 1.54) is 12.3 Å². The zero-order valence-corrected chi connectivity index (χ0v) is 21.6. The lowest BCUT2D eigenvalue weighted by Crippen LogP contribution is -2.62. The zero-order chi connectivity index (χ0) is 26.0. The van der Waals surface area contributed by atoms with Crippen LogP contribution in [0.2, 0.25) is 0 Å². The van der Waals surface area contributed by atoms with Crippen LogP contribution in [0.25, 0.3) is 11.0 Å². The molecule has 0 radical (unpaired) electrons. The molecule has 0 aliphatic carbocycles. The first kappa shape index (κ1) is 26.0. The molecule has 3 N–H and O–H groups in total. The number of piperidine rings is 1. The lowest BCUT2D eigenvalue weighted by molar-refractivity contribution is -0.128. The number of carbonyl (C=O) groups is 2. The second-order valence-electron chi connectivity index (χ2n) is 9.28. The number of nitrogens with zero attached hydrogens (tertiary/aromatic N) is 3. The summed E-state index contributed by atoms with van der Waals surface area (Å²) >= 11 is 1.55. The van der Waals surface area contributed by atoms with Gasteiger partial charge in [-0.25, -0.2) is 13.8 Å². The standard InChI is InChI=1S/C25H30F2N6O2S/c1-14(2)36-21-18(13-29-22-20(21)15(3)32-33(22)4)23(34)31-25(7-9-28-10-8-25)24(35)30-12-16-5-6-17(26)11-19(16)27/h5-6,11,13-14,28H,7-10,12H2,1-4H3,(H,30,35)(H,31,34). The molecule has 0 saturated carbocycles. The summed E-state index contributed by atoms with van der Waals surface area (Å²) in [6.45, 7) is 6.91. The van der Waals surface area contributed by atoms with Gasteiger partial charge in [-0.3, -0.25) is 14.3 Å². The molecule has 1 aliphatic rings. The highest BCUT2D eigenvalue weighted by Crippen LogP contribution is 2.35. The summed E-state index contributed by atoms with van der Waals surface area (Å²) in [5.74, 6) is -2.24. The number of benzene rings is 1. The average molecular weight is 517 g/mol. The molecular formula is C25H30F2N6O2S. The Kier molecular flexibility index (Phi) is 7.60. The van der Waals surface area contributed by atoms with Gasteiger partial charge in [0.15, 0.2) is 5.65 Å². The molecule has 11 heteroatoms. The minimum absolute atomic E-state index is 0.118. The van der Waals surface area contributed by atoms with Crippen molar-refractivity contribution in [3.05, 3.63) is 52.9 Å². The Balaban J connectivity index is 1.63. The molecule has 0 bridgehead atoms. The molecule has 36 heavy (non-hydrogen) atoms. The largest absolute Gasteiger partial charge is 0.350 e. The molecule has 0 unspecified atom stereocenters. The van der Waals surface area contributed by atoms with Crippen molar-refractivity contribution in [3.8, 4) is 0 Å². The van der Waals surface area contributed by atoms with Crippen LogP contribution >= 0.6 is 11.8 Å². The smallest absolute Gasteiger partial charge is 0.254 e. The second-order valence-corrected chi connectivity index (χ2v) is 10.9. The van der Waals surface area contributed by atoms with E-state index >= 15 is 0 Å². The summed E-state index contributed by atoms with van der Waals surface area (Å²) in [6.07, 6.45) is 2.26. The highest BCUT2D eigenvalue weighted by Gasteiger charge is 2.41. The lowest BCUT2D eigenvalue weighted by Gasteiger charge is -2.37. The van der Waals surface area contributed by atoms with Crippen molar-refractivity contribution >= 4 is 34.6 Å². The van der Waals surface area contributed by atoms with Gasteiger partial charge in [0.1, 0.15) is 17.2 Å². The molecule has 8 nitrogen and oxygen atoms in total. The number of halogens is 2. The summed E-state index contributed by atoms with van der Waals surface area (Å²) in [7, 11) is 1.81. The molecule has 2 amide bonds. The minimum Gasteiger partial charge on any atom is -0.350 e. The van der Waals surface area contributed by atoms with Crippen LogP contribution in [0.1, 0.15) is 48.3 Å². The molecule has 1 aliphatic heterocycles. The van der Waals surface area contributed by atoms with E-state index < -0.39 is 29.0 Å². The number of nitrogens with one attached hydrogen (secondary N) is 3. The fourth-order valence-corrected chi connectivity index (χ4v) is 5.56. The molecule has 1 saturated heterocycles. The van der Waals surface area contributed by atoms with Crippen LogP contribution < -0.4 is 16.0 Å². The van der Waals surface area contributed by atoms with Gasteiger partial charge in [0, 0.05) is 41.6 Å². The molecule has 3 heterocycles.